The lowest BCUT2D eigenvalue weighted by molar-refractivity contribution is -0.136. The van der Waals surface area contributed by atoms with Crippen LogP contribution in [0.25, 0.3) is 0 Å². The molecule has 6 rings (SSSR count). The molecule has 0 aromatic heterocycles. The first-order chi connectivity index (χ1) is 20.6. The van der Waals surface area contributed by atoms with Crippen LogP contribution in [0.15, 0.2) is 60.7 Å². The van der Waals surface area contributed by atoms with Crippen molar-refractivity contribution in [2.75, 3.05) is 18.4 Å². The Labute approximate surface area is 274 Å². The van der Waals surface area contributed by atoms with E-state index in [1.165, 1.54) is 0 Å². The number of piperidine rings is 2. The highest BCUT2D eigenvalue weighted by atomic mass is 127. The quantitative estimate of drug-likeness (QED) is 0.281. The van der Waals surface area contributed by atoms with Crippen molar-refractivity contribution >= 4 is 69.2 Å². The molecule has 2 saturated heterocycles. The van der Waals surface area contributed by atoms with Gasteiger partial charge in [0, 0.05) is 69.1 Å². The van der Waals surface area contributed by atoms with Crippen LogP contribution in [0.4, 0.5) is 5.69 Å². The minimum atomic E-state index is -1.20. The zero-order valence-electron chi connectivity index (χ0n) is 23.8. The summed E-state index contributed by atoms with van der Waals surface area (Å²) in [6.07, 6.45) is 1.38. The molecule has 43 heavy (non-hydrogen) atoms. The number of likely N-dealkylation sites (tertiary alicyclic amines) is 1. The van der Waals surface area contributed by atoms with E-state index < -0.39 is 17.4 Å². The van der Waals surface area contributed by atoms with E-state index in [1.54, 1.807) is 18.2 Å². The van der Waals surface area contributed by atoms with Crippen molar-refractivity contribution in [2.45, 2.75) is 56.6 Å². The minimum absolute atomic E-state index is 0.0471. The maximum Gasteiger partial charge on any atom is 0.238 e. The third-order valence-electron chi connectivity index (χ3n) is 8.83. The van der Waals surface area contributed by atoms with Gasteiger partial charge in [0.05, 0.1) is 6.04 Å². The lowest BCUT2D eigenvalue weighted by atomic mass is 9.59. The topological polar surface area (TPSA) is 87.7 Å². The summed E-state index contributed by atoms with van der Waals surface area (Å²) in [7, 11) is 0. The molecule has 0 saturated carbocycles. The summed E-state index contributed by atoms with van der Waals surface area (Å²) in [4.78, 5) is 42.3. The summed E-state index contributed by atoms with van der Waals surface area (Å²) >= 11 is 15.1. The number of ether oxygens (including phenoxy) is 1. The van der Waals surface area contributed by atoms with Crippen LogP contribution in [0.2, 0.25) is 10.0 Å². The summed E-state index contributed by atoms with van der Waals surface area (Å²) in [6, 6.07) is 17.9. The van der Waals surface area contributed by atoms with Crippen molar-refractivity contribution in [1.29, 1.82) is 0 Å². The number of nitrogens with one attached hydrogen (secondary N) is 2. The van der Waals surface area contributed by atoms with Crippen LogP contribution in [-0.4, -0.2) is 41.8 Å². The molecular formula is C33H32Cl2IN3O4. The number of hydrogen-bond donors (Lipinski definition) is 2. The number of nitrogens with zero attached hydrogens (tertiary/aromatic N) is 1. The van der Waals surface area contributed by atoms with Gasteiger partial charge in [-0.05, 0) is 76.2 Å². The van der Waals surface area contributed by atoms with Gasteiger partial charge in [-0.2, -0.15) is 0 Å². The highest BCUT2D eigenvalue weighted by Gasteiger charge is 2.61. The first-order valence-electron chi connectivity index (χ1n) is 14.5. The first kappa shape index (κ1) is 30.2. The average Bonchev–Trinajstić information content (AvgIpc) is 3.25. The second-order valence-electron chi connectivity index (χ2n) is 11.8. The number of amides is 3. The number of rotatable bonds is 5. The molecular weight excluding hydrogens is 700 g/mol. The fourth-order valence-corrected chi connectivity index (χ4v) is 7.75. The van der Waals surface area contributed by atoms with Crippen molar-refractivity contribution in [3.05, 3.63) is 91.0 Å². The van der Waals surface area contributed by atoms with Crippen LogP contribution in [0, 0.1) is 9.49 Å². The second kappa shape index (κ2) is 11.9. The monoisotopic (exact) mass is 731 g/mol. The van der Waals surface area contributed by atoms with Crippen molar-refractivity contribution in [3.8, 4) is 5.75 Å². The molecule has 3 amide bonds. The Hall–Kier alpha value is -2.82. The second-order valence-corrected chi connectivity index (χ2v) is 13.9. The molecule has 3 aromatic carbocycles. The Kier molecular flexibility index (Phi) is 8.39. The number of hydrogen-bond acceptors (Lipinski definition) is 4. The third-order valence-corrected chi connectivity index (χ3v) is 9.97. The molecule has 1 spiro atoms. The van der Waals surface area contributed by atoms with Crippen LogP contribution in [-0.2, 0) is 19.8 Å². The highest BCUT2D eigenvalue weighted by Crippen LogP contribution is 2.58. The van der Waals surface area contributed by atoms with E-state index in [0.29, 0.717) is 47.4 Å². The van der Waals surface area contributed by atoms with E-state index in [1.807, 2.05) is 61.2 Å². The van der Waals surface area contributed by atoms with Gasteiger partial charge in [0.2, 0.25) is 17.7 Å². The maximum absolute atomic E-state index is 14.4. The lowest BCUT2D eigenvalue weighted by Gasteiger charge is -2.47. The zero-order chi connectivity index (χ0) is 30.5. The molecule has 3 atom stereocenters. The molecule has 2 fully saturated rings. The molecule has 10 heteroatoms. The van der Waals surface area contributed by atoms with Gasteiger partial charge in [-0.1, -0.05) is 55.2 Å². The largest absolute Gasteiger partial charge is 0.490 e. The molecule has 3 heterocycles. The van der Waals surface area contributed by atoms with Gasteiger partial charge < -0.3 is 20.3 Å². The van der Waals surface area contributed by atoms with Gasteiger partial charge in [0.25, 0.3) is 0 Å². The summed E-state index contributed by atoms with van der Waals surface area (Å²) < 4.78 is 7.60. The smallest absolute Gasteiger partial charge is 0.238 e. The molecule has 0 radical (unpaired) electrons. The Bertz CT molecular complexity index is 1610. The molecule has 224 valence electrons. The van der Waals surface area contributed by atoms with Crippen molar-refractivity contribution in [2.24, 2.45) is 5.92 Å². The van der Waals surface area contributed by atoms with Gasteiger partial charge in [-0.3, -0.25) is 14.4 Å². The number of carbonyl (C=O) groups excluding carboxylic acids is 3. The average molecular weight is 732 g/mol. The van der Waals surface area contributed by atoms with E-state index in [9.17, 15) is 14.4 Å². The zero-order valence-corrected chi connectivity index (χ0v) is 27.5. The fourth-order valence-electron chi connectivity index (χ4n) is 6.86. The van der Waals surface area contributed by atoms with Crippen LogP contribution in [0.5, 0.6) is 5.75 Å². The fraction of sp³-hybridized carbons (Fsp3) is 0.364. The molecule has 3 aliphatic heterocycles. The van der Waals surface area contributed by atoms with E-state index in [-0.39, 0.29) is 36.2 Å². The molecule has 3 aliphatic rings. The van der Waals surface area contributed by atoms with E-state index in [4.69, 9.17) is 27.9 Å². The Morgan fingerprint density at radius 2 is 1.77 bits per heavy atom. The van der Waals surface area contributed by atoms with Crippen molar-refractivity contribution in [3.63, 3.8) is 0 Å². The van der Waals surface area contributed by atoms with Crippen molar-refractivity contribution < 1.29 is 19.1 Å². The lowest BCUT2D eigenvalue weighted by Crippen LogP contribution is -2.57. The normalized spacial score (nSPS) is 23.7. The number of carbonyl (C=O) groups is 3. The van der Waals surface area contributed by atoms with Crippen molar-refractivity contribution in [1.82, 2.24) is 10.2 Å². The predicted molar refractivity (Wildman–Crippen MR) is 176 cm³/mol. The number of anilines is 1. The standard InChI is InChI=1S/C33H32Cl2IN3O4/c1-18(2)31(41)39-12-10-23(11-13-39)43-28-9-7-22(36)16-24(28)30-33(25-8-6-21(35)15-27(25)37-32(33)42)26(17-29(40)38-30)19-4-3-5-20(34)14-19/h3-9,14-16,18,23,26,30H,10-13,17H2,1-2H3,(H,37,42)(H,38,40)/t26-,30+,33-/m0/s1. The SMILES string of the molecule is CC(C)C(=O)N1CCC(Oc2ccc(I)cc2[C@H]2NC(=O)C[C@@H](c3cccc(Cl)c3)[C@]23C(=O)Nc2cc(Cl)ccc23)CC1. The van der Waals surface area contributed by atoms with Gasteiger partial charge in [0.15, 0.2) is 0 Å². The summed E-state index contributed by atoms with van der Waals surface area (Å²) in [5.41, 5.74) is 1.73. The van der Waals surface area contributed by atoms with Gasteiger partial charge in [-0.15, -0.1) is 0 Å². The number of fused-ring (bicyclic) bond motifs is 2. The Morgan fingerprint density at radius 1 is 1.02 bits per heavy atom. The number of benzene rings is 3. The molecule has 3 aromatic rings. The van der Waals surface area contributed by atoms with E-state index in [0.717, 1.165) is 20.3 Å². The summed E-state index contributed by atoms with van der Waals surface area (Å²) in [5, 5.41) is 7.32. The van der Waals surface area contributed by atoms with Crippen LogP contribution in [0.3, 0.4) is 0 Å². The molecule has 2 N–H and O–H groups in total. The van der Waals surface area contributed by atoms with Crippen LogP contribution in [0.1, 0.15) is 61.8 Å². The summed E-state index contributed by atoms with van der Waals surface area (Å²) in [6.45, 7) is 5.08. The first-order valence-corrected chi connectivity index (χ1v) is 16.3. The Balaban J connectivity index is 1.45. The third kappa shape index (κ3) is 5.51. The predicted octanol–water partition coefficient (Wildman–Crippen LogP) is 6.86. The van der Waals surface area contributed by atoms with E-state index >= 15 is 0 Å². The van der Waals surface area contributed by atoms with Gasteiger partial charge in [0.1, 0.15) is 17.3 Å². The van der Waals surface area contributed by atoms with Crippen LogP contribution >= 0.6 is 45.8 Å². The van der Waals surface area contributed by atoms with Gasteiger partial charge in [-0.25, -0.2) is 0 Å². The molecule has 7 nitrogen and oxygen atoms in total. The number of halogens is 3. The minimum Gasteiger partial charge on any atom is -0.490 e. The molecule has 0 bridgehead atoms. The molecule has 0 unspecified atom stereocenters. The van der Waals surface area contributed by atoms with Crippen LogP contribution < -0.4 is 15.4 Å². The van der Waals surface area contributed by atoms with E-state index in [2.05, 4.69) is 33.2 Å². The highest BCUT2D eigenvalue weighted by molar-refractivity contribution is 14.1. The molecule has 0 aliphatic carbocycles. The van der Waals surface area contributed by atoms with Gasteiger partial charge >= 0.3 is 0 Å². The maximum atomic E-state index is 14.4. The summed E-state index contributed by atoms with van der Waals surface area (Å²) in [5.74, 6) is -0.178. The Morgan fingerprint density at radius 3 is 2.49 bits per heavy atom.